The summed E-state index contributed by atoms with van der Waals surface area (Å²) in [4.78, 5) is 15.7. The highest BCUT2D eigenvalue weighted by Gasteiger charge is 2.30. The predicted molar refractivity (Wildman–Crippen MR) is 175 cm³/mol. The summed E-state index contributed by atoms with van der Waals surface area (Å²) in [5, 5.41) is 1.49. The topological polar surface area (TPSA) is 81.7 Å². The number of rotatable bonds is 12. The van der Waals surface area contributed by atoms with Crippen molar-refractivity contribution >= 4 is 22.7 Å². The third-order valence-corrected chi connectivity index (χ3v) is 8.17. The summed E-state index contributed by atoms with van der Waals surface area (Å²) >= 11 is -2.70. The molecule has 2 atom stereocenters. The Kier molecular flexibility index (Phi) is 10.9. The van der Waals surface area contributed by atoms with Gasteiger partial charge in [-0.2, -0.15) is 0 Å². The molecular formula is C36H41N2O4S-. The van der Waals surface area contributed by atoms with Crippen molar-refractivity contribution in [1.29, 1.82) is 0 Å². The molecule has 2 unspecified atom stereocenters. The molecule has 0 aliphatic heterocycles. The van der Waals surface area contributed by atoms with Crippen molar-refractivity contribution in [3.63, 3.8) is 0 Å². The Morgan fingerprint density at radius 1 is 0.837 bits per heavy atom. The Morgan fingerprint density at radius 3 is 1.98 bits per heavy atom. The number of ether oxygens (including phenoxy) is 1. The fourth-order valence-corrected chi connectivity index (χ4v) is 5.96. The summed E-state index contributed by atoms with van der Waals surface area (Å²) in [7, 11) is 3.98. The summed E-state index contributed by atoms with van der Waals surface area (Å²) in [5.41, 5.74) is 6.75. The van der Waals surface area contributed by atoms with E-state index in [1.807, 2.05) is 133 Å². The van der Waals surface area contributed by atoms with Crippen LogP contribution in [0.3, 0.4) is 0 Å². The molecule has 1 amide bonds. The van der Waals surface area contributed by atoms with Crippen molar-refractivity contribution in [3.05, 3.63) is 119 Å². The van der Waals surface area contributed by atoms with Gasteiger partial charge in [-0.25, -0.2) is 0 Å². The highest BCUT2D eigenvalue weighted by Crippen LogP contribution is 2.41. The zero-order valence-corrected chi connectivity index (χ0v) is 26.6. The largest absolute Gasteiger partial charge is 0.771 e. The van der Waals surface area contributed by atoms with Gasteiger partial charge in [-0.15, -0.1) is 0 Å². The molecule has 4 aromatic rings. The number of nitrogens with zero attached hydrogens (tertiary/aromatic N) is 1. The van der Waals surface area contributed by atoms with Gasteiger partial charge in [0.1, 0.15) is 17.6 Å². The Labute approximate surface area is 258 Å². The van der Waals surface area contributed by atoms with Gasteiger partial charge in [0.05, 0.1) is 0 Å². The van der Waals surface area contributed by atoms with E-state index >= 15 is 0 Å². The molecule has 0 aliphatic carbocycles. The number of nitrogens with one attached hydrogen (secondary N) is 1. The van der Waals surface area contributed by atoms with E-state index in [-0.39, 0.29) is 11.8 Å². The number of benzene rings is 4. The summed E-state index contributed by atoms with van der Waals surface area (Å²) in [6.45, 7) is 9.29. The van der Waals surface area contributed by atoms with Crippen LogP contribution in [-0.2, 0) is 29.0 Å². The van der Waals surface area contributed by atoms with E-state index in [1.54, 1.807) is 0 Å². The van der Waals surface area contributed by atoms with Gasteiger partial charge in [-0.1, -0.05) is 100 Å². The van der Waals surface area contributed by atoms with E-state index in [0.29, 0.717) is 17.9 Å². The van der Waals surface area contributed by atoms with Gasteiger partial charge in [0.2, 0.25) is 5.91 Å². The fraction of sp³-hybridized carbons (Fsp3) is 0.306. The summed E-state index contributed by atoms with van der Waals surface area (Å²) in [6, 6.07) is 29.4. The van der Waals surface area contributed by atoms with Gasteiger partial charge in [0.15, 0.2) is 0 Å². The minimum Gasteiger partial charge on any atom is -0.771 e. The van der Waals surface area contributed by atoms with Crippen LogP contribution in [0.1, 0.15) is 72.6 Å². The zero-order chi connectivity index (χ0) is 31.1. The highest BCUT2D eigenvalue weighted by atomic mass is 32.2. The molecule has 0 spiro atoms. The first-order valence-corrected chi connectivity index (χ1v) is 15.7. The van der Waals surface area contributed by atoms with E-state index in [1.165, 1.54) is 0 Å². The van der Waals surface area contributed by atoms with Gasteiger partial charge in [0.25, 0.3) is 0 Å². The summed E-state index contributed by atoms with van der Waals surface area (Å²) in [5.74, 6) is 0.0998. The zero-order valence-electron chi connectivity index (χ0n) is 25.8. The minimum atomic E-state index is -2.70. The molecular weight excluding hydrogens is 556 g/mol. The highest BCUT2D eigenvalue weighted by molar-refractivity contribution is 7.80. The Hall–Kier alpha value is -3.78. The molecule has 7 heteroatoms. The van der Waals surface area contributed by atoms with Crippen LogP contribution in [0.15, 0.2) is 91.0 Å². The predicted octanol–water partition coefficient (Wildman–Crippen LogP) is 7.80. The smallest absolute Gasteiger partial charge is 0.243 e. The summed E-state index contributed by atoms with van der Waals surface area (Å²) in [6.07, 6.45) is 0. The maximum Gasteiger partial charge on any atom is 0.243 e. The van der Waals surface area contributed by atoms with Gasteiger partial charge in [-0.05, 0) is 88.6 Å². The third-order valence-electron chi connectivity index (χ3n) is 7.34. The SMILES string of the molecule is CC(C)c1cc(-c2ccccc2OCc2ccccc2)cc(C(C)C)c1C(C(=O)Nc1ccc(CN(C)C)cc1)S(=O)[O-]. The van der Waals surface area contributed by atoms with Crippen molar-refractivity contribution in [2.75, 3.05) is 19.4 Å². The average molecular weight is 598 g/mol. The van der Waals surface area contributed by atoms with Gasteiger partial charge < -0.3 is 19.5 Å². The normalized spacial score (nSPS) is 12.9. The van der Waals surface area contributed by atoms with Crippen LogP contribution in [0, 0.1) is 0 Å². The van der Waals surface area contributed by atoms with Gasteiger partial charge in [-0.3, -0.25) is 9.00 Å². The van der Waals surface area contributed by atoms with Crippen molar-refractivity contribution in [2.45, 2.75) is 57.9 Å². The lowest BCUT2D eigenvalue weighted by molar-refractivity contribution is -0.116. The van der Waals surface area contributed by atoms with Crippen LogP contribution < -0.4 is 10.1 Å². The Morgan fingerprint density at radius 2 is 1.42 bits per heavy atom. The molecule has 0 bridgehead atoms. The lowest BCUT2D eigenvalue weighted by Crippen LogP contribution is -2.27. The second-order valence-electron chi connectivity index (χ2n) is 11.7. The molecule has 0 saturated carbocycles. The van der Waals surface area contributed by atoms with Crippen molar-refractivity contribution in [3.8, 4) is 16.9 Å². The van der Waals surface area contributed by atoms with E-state index in [0.717, 1.165) is 45.7 Å². The van der Waals surface area contributed by atoms with Gasteiger partial charge in [0, 0.05) is 17.8 Å². The first kappa shape index (κ1) is 32.1. The van der Waals surface area contributed by atoms with E-state index in [4.69, 9.17) is 4.74 Å². The molecule has 1 N–H and O–H groups in total. The van der Waals surface area contributed by atoms with E-state index in [2.05, 4.69) is 10.2 Å². The second kappa shape index (κ2) is 14.6. The van der Waals surface area contributed by atoms with Crippen molar-refractivity contribution in [2.24, 2.45) is 0 Å². The quantitative estimate of drug-likeness (QED) is 0.169. The number of carbonyl (C=O) groups is 1. The Balaban J connectivity index is 1.74. The lowest BCUT2D eigenvalue weighted by Gasteiger charge is -2.29. The molecule has 226 valence electrons. The maximum absolute atomic E-state index is 13.7. The molecule has 0 aliphatic rings. The van der Waals surface area contributed by atoms with Crippen molar-refractivity contribution in [1.82, 2.24) is 4.90 Å². The number of para-hydroxylation sites is 1. The number of anilines is 1. The number of hydrogen-bond acceptors (Lipinski definition) is 5. The van der Waals surface area contributed by atoms with E-state index < -0.39 is 22.2 Å². The van der Waals surface area contributed by atoms with Crippen LogP contribution in [0.2, 0.25) is 0 Å². The van der Waals surface area contributed by atoms with Crippen molar-refractivity contribution < 1.29 is 18.3 Å². The molecule has 0 saturated heterocycles. The number of amides is 1. The first-order chi connectivity index (χ1) is 20.5. The number of carbonyl (C=O) groups excluding carboxylic acids is 1. The van der Waals surface area contributed by atoms with Crippen LogP contribution in [0.5, 0.6) is 5.75 Å². The third kappa shape index (κ3) is 8.20. The fourth-order valence-electron chi connectivity index (χ4n) is 5.26. The maximum atomic E-state index is 13.7. The van der Waals surface area contributed by atoms with Gasteiger partial charge >= 0.3 is 0 Å². The lowest BCUT2D eigenvalue weighted by atomic mass is 9.83. The monoisotopic (exact) mass is 597 g/mol. The second-order valence-corrected chi connectivity index (χ2v) is 12.7. The molecule has 4 aromatic carbocycles. The summed E-state index contributed by atoms with van der Waals surface area (Å²) < 4.78 is 31.9. The molecule has 0 heterocycles. The average Bonchev–Trinajstić information content (AvgIpc) is 2.97. The molecule has 43 heavy (non-hydrogen) atoms. The van der Waals surface area contributed by atoms with E-state index in [9.17, 15) is 13.6 Å². The van der Waals surface area contributed by atoms with Crippen LogP contribution in [0.25, 0.3) is 11.1 Å². The molecule has 6 nitrogen and oxygen atoms in total. The standard InChI is InChI=1S/C36H42N2O4S/c1-24(2)31-20-28(30-14-10-11-15-33(30)42-23-27-12-8-7-9-13-27)21-32(25(3)4)34(31)35(43(40)41)36(39)37-29-18-16-26(17-19-29)22-38(5)6/h7-21,24-25,35H,22-23H2,1-6H3,(H,37,39)(H,40,41)/p-1. The van der Waals surface area contributed by atoms with Crippen LogP contribution in [-0.4, -0.2) is 33.7 Å². The van der Waals surface area contributed by atoms with Crippen LogP contribution >= 0.6 is 0 Å². The Bertz CT molecular complexity index is 1520. The minimum absolute atomic E-state index is 0.0333. The molecule has 0 fully saturated rings. The molecule has 0 radical (unpaired) electrons. The molecule has 4 rings (SSSR count). The first-order valence-electron chi connectivity index (χ1n) is 14.6. The molecule has 0 aromatic heterocycles. The number of hydrogen-bond donors (Lipinski definition) is 1. The van der Waals surface area contributed by atoms with Crippen LogP contribution in [0.4, 0.5) is 5.69 Å².